The third-order valence-corrected chi connectivity index (χ3v) is 5.30. The van der Waals surface area contributed by atoms with E-state index in [-0.39, 0.29) is 12.3 Å². The number of aliphatic hydroxyl groups is 1. The van der Waals surface area contributed by atoms with Crippen molar-refractivity contribution in [2.24, 2.45) is 5.73 Å². The van der Waals surface area contributed by atoms with Crippen molar-refractivity contribution in [3.63, 3.8) is 0 Å². The Kier molecular flexibility index (Phi) is 7.79. The van der Waals surface area contributed by atoms with E-state index < -0.39 is 41.2 Å². The van der Waals surface area contributed by atoms with Crippen LogP contribution in [0.15, 0.2) is 66.7 Å². The van der Waals surface area contributed by atoms with Gasteiger partial charge in [-0.1, -0.05) is 54.6 Å². The van der Waals surface area contributed by atoms with Crippen LogP contribution < -0.4 is 15.8 Å². The first-order chi connectivity index (χ1) is 16.5. The van der Waals surface area contributed by atoms with Crippen LogP contribution in [0.3, 0.4) is 0 Å². The van der Waals surface area contributed by atoms with E-state index in [2.05, 4.69) is 10.2 Å². The molecule has 3 aromatic rings. The van der Waals surface area contributed by atoms with Gasteiger partial charge < -0.3 is 20.9 Å². The second-order valence-electron chi connectivity index (χ2n) is 8.17. The highest BCUT2D eigenvalue weighted by atomic mass is 19.4. The molecule has 0 bridgehead atoms. The van der Waals surface area contributed by atoms with Crippen LogP contribution >= 0.6 is 0 Å². The molecule has 0 aliphatic heterocycles. The van der Waals surface area contributed by atoms with Crippen molar-refractivity contribution in [2.75, 3.05) is 18.5 Å². The predicted octanol–water partition coefficient (Wildman–Crippen LogP) is 5.19. The number of ether oxygens (including phenoxy) is 1. The zero-order valence-corrected chi connectivity index (χ0v) is 18.9. The Morgan fingerprint density at radius 3 is 2.29 bits per heavy atom. The van der Waals surface area contributed by atoms with Gasteiger partial charge in [-0.15, -0.1) is 0 Å². The van der Waals surface area contributed by atoms with E-state index in [1.54, 1.807) is 0 Å². The van der Waals surface area contributed by atoms with Gasteiger partial charge in [0.2, 0.25) is 11.6 Å². The molecule has 0 radical (unpaired) electrons. The molecule has 182 valence electrons. The van der Waals surface area contributed by atoms with Crippen molar-refractivity contribution in [3.8, 4) is 16.9 Å². The van der Waals surface area contributed by atoms with Crippen molar-refractivity contribution in [2.45, 2.75) is 25.1 Å². The molecular formula is C26H24F3N3O3. The Balaban J connectivity index is 1.78. The smallest absolute Gasteiger partial charge is 0.418 e. The SMILES string of the molecule is [C-]#[N+]c1cc(NC(=O)[C@@](C)(N)CO)cc(C(F)(F)F)c1OCCc1ccc(-c2ccccc2)cc1. The largest absolute Gasteiger partial charge is 0.504 e. The second kappa shape index (κ2) is 10.6. The molecular weight excluding hydrogens is 459 g/mol. The third kappa shape index (κ3) is 6.38. The Labute approximate surface area is 201 Å². The van der Waals surface area contributed by atoms with Gasteiger partial charge in [0.05, 0.1) is 25.3 Å². The summed E-state index contributed by atoms with van der Waals surface area (Å²) in [6.07, 6.45) is -4.51. The molecule has 35 heavy (non-hydrogen) atoms. The molecule has 0 aromatic heterocycles. The van der Waals surface area contributed by atoms with Gasteiger partial charge in [-0.3, -0.25) is 4.79 Å². The number of alkyl halides is 3. The summed E-state index contributed by atoms with van der Waals surface area (Å²) in [5.41, 5.74) is 4.97. The van der Waals surface area contributed by atoms with E-state index in [1.807, 2.05) is 54.6 Å². The van der Waals surface area contributed by atoms with Crippen molar-refractivity contribution < 1.29 is 27.8 Å². The van der Waals surface area contributed by atoms with Crippen LogP contribution in [-0.2, 0) is 17.4 Å². The monoisotopic (exact) mass is 483 g/mol. The molecule has 0 saturated carbocycles. The molecule has 6 nitrogen and oxygen atoms in total. The van der Waals surface area contributed by atoms with E-state index >= 15 is 0 Å². The number of carbonyl (C=O) groups excluding carboxylic acids is 1. The van der Waals surface area contributed by atoms with Crippen LogP contribution in [0.2, 0.25) is 0 Å². The Morgan fingerprint density at radius 1 is 1.09 bits per heavy atom. The molecule has 0 fully saturated rings. The molecule has 0 heterocycles. The van der Waals surface area contributed by atoms with Gasteiger partial charge in [0.25, 0.3) is 0 Å². The number of aliphatic hydroxyl groups excluding tert-OH is 1. The molecule has 1 atom stereocenters. The molecule has 0 aliphatic rings. The highest BCUT2D eigenvalue weighted by Gasteiger charge is 2.37. The van der Waals surface area contributed by atoms with Gasteiger partial charge in [0, 0.05) is 12.1 Å². The van der Waals surface area contributed by atoms with Gasteiger partial charge in [0.1, 0.15) is 11.3 Å². The van der Waals surface area contributed by atoms with Crippen LogP contribution in [-0.4, -0.2) is 29.8 Å². The summed E-state index contributed by atoms with van der Waals surface area (Å²) in [6, 6.07) is 19.1. The zero-order chi connectivity index (χ0) is 25.6. The Morgan fingerprint density at radius 2 is 1.71 bits per heavy atom. The van der Waals surface area contributed by atoms with Crippen LogP contribution in [0.25, 0.3) is 16.0 Å². The fraction of sp³-hybridized carbons (Fsp3) is 0.231. The number of halogens is 3. The summed E-state index contributed by atoms with van der Waals surface area (Å²) < 4.78 is 46.8. The Hall–Kier alpha value is -3.87. The van der Waals surface area contributed by atoms with Gasteiger partial charge in [-0.05, 0) is 35.7 Å². The van der Waals surface area contributed by atoms with Crippen LogP contribution in [0.1, 0.15) is 18.1 Å². The quantitative estimate of drug-likeness (QED) is 0.385. The average molecular weight is 483 g/mol. The predicted molar refractivity (Wildman–Crippen MR) is 127 cm³/mol. The lowest BCUT2D eigenvalue weighted by Gasteiger charge is -2.22. The summed E-state index contributed by atoms with van der Waals surface area (Å²) in [4.78, 5) is 15.3. The number of hydrogen-bond donors (Lipinski definition) is 3. The highest BCUT2D eigenvalue weighted by Crippen LogP contribution is 2.44. The van der Waals surface area contributed by atoms with Gasteiger partial charge in [-0.25, -0.2) is 4.85 Å². The fourth-order valence-corrected chi connectivity index (χ4v) is 3.24. The van der Waals surface area contributed by atoms with Crippen LogP contribution in [0, 0.1) is 6.57 Å². The first-order valence-corrected chi connectivity index (χ1v) is 10.7. The molecule has 3 aromatic carbocycles. The first-order valence-electron chi connectivity index (χ1n) is 10.7. The van der Waals surface area contributed by atoms with Crippen molar-refractivity contribution in [1.29, 1.82) is 0 Å². The van der Waals surface area contributed by atoms with Gasteiger partial charge >= 0.3 is 6.18 Å². The van der Waals surface area contributed by atoms with Gasteiger partial charge in [-0.2, -0.15) is 13.2 Å². The summed E-state index contributed by atoms with van der Waals surface area (Å²) in [6.45, 7) is 7.75. The average Bonchev–Trinajstić information content (AvgIpc) is 2.84. The highest BCUT2D eigenvalue weighted by molar-refractivity contribution is 5.98. The van der Waals surface area contributed by atoms with E-state index in [0.29, 0.717) is 12.5 Å². The molecule has 9 heteroatoms. The minimum atomic E-state index is -4.84. The number of anilines is 1. The lowest BCUT2D eigenvalue weighted by atomic mass is 10.0. The third-order valence-electron chi connectivity index (χ3n) is 5.30. The standard InChI is InChI=1S/C26H24F3N3O3/c1-25(30,16-33)24(34)32-20-14-21(26(27,28)29)23(22(15-20)31-2)35-13-12-17-8-10-19(11-9-17)18-6-4-3-5-7-18/h3-11,14-15,33H,12-13,16,30H2,1H3,(H,32,34)/t25-/m0/s1. The zero-order valence-electron chi connectivity index (χ0n) is 18.9. The van der Waals surface area contributed by atoms with E-state index in [9.17, 15) is 23.1 Å². The van der Waals surface area contributed by atoms with E-state index in [0.717, 1.165) is 22.8 Å². The number of benzene rings is 3. The minimum absolute atomic E-state index is 0.0899. The summed E-state index contributed by atoms with van der Waals surface area (Å²) >= 11 is 0. The maximum Gasteiger partial charge on any atom is 0.418 e. The summed E-state index contributed by atoms with van der Waals surface area (Å²) in [5.74, 6) is -1.50. The van der Waals surface area contributed by atoms with Crippen molar-refractivity contribution in [3.05, 3.63) is 89.3 Å². The maximum atomic E-state index is 13.8. The van der Waals surface area contributed by atoms with Crippen LogP contribution in [0.5, 0.6) is 5.75 Å². The minimum Gasteiger partial charge on any atom is -0.504 e. The number of nitrogens with two attached hydrogens (primary N) is 1. The van der Waals surface area contributed by atoms with Gasteiger partial charge in [0.15, 0.2) is 0 Å². The van der Waals surface area contributed by atoms with E-state index in [4.69, 9.17) is 17.0 Å². The first kappa shape index (κ1) is 25.7. The lowest BCUT2D eigenvalue weighted by Crippen LogP contribution is -2.51. The normalized spacial score (nSPS) is 12.9. The molecule has 0 spiro atoms. The topological polar surface area (TPSA) is 88.9 Å². The number of nitrogens with zero attached hydrogens (tertiary/aromatic N) is 1. The van der Waals surface area contributed by atoms with Crippen molar-refractivity contribution >= 4 is 17.3 Å². The molecule has 0 aliphatic carbocycles. The molecule has 0 saturated heterocycles. The van der Waals surface area contributed by atoms with Crippen molar-refractivity contribution in [1.82, 2.24) is 0 Å². The number of amides is 1. The summed E-state index contributed by atoms with van der Waals surface area (Å²) in [5, 5.41) is 11.4. The number of hydrogen-bond acceptors (Lipinski definition) is 4. The molecule has 4 N–H and O–H groups in total. The van der Waals surface area contributed by atoms with Crippen LogP contribution in [0.4, 0.5) is 24.5 Å². The molecule has 1 amide bonds. The molecule has 3 rings (SSSR count). The number of rotatable bonds is 8. The number of nitrogens with one attached hydrogen (secondary N) is 1. The van der Waals surface area contributed by atoms with E-state index in [1.165, 1.54) is 6.92 Å². The number of carbonyl (C=O) groups is 1. The summed E-state index contributed by atoms with van der Waals surface area (Å²) in [7, 11) is 0. The fourth-order valence-electron chi connectivity index (χ4n) is 3.24. The maximum absolute atomic E-state index is 13.8. The second-order valence-corrected chi connectivity index (χ2v) is 8.17. The Bertz CT molecular complexity index is 1220. The lowest BCUT2D eigenvalue weighted by molar-refractivity contribution is -0.138. The molecule has 0 unspecified atom stereocenters.